The molecule has 2 rings (SSSR count). The molecule has 0 spiro atoms. The van der Waals surface area contributed by atoms with E-state index in [0.29, 0.717) is 11.3 Å². The summed E-state index contributed by atoms with van der Waals surface area (Å²) in [5.74, 6) is 0.535. The quantitative estimate of drug-likeness (QED) is 0.833. The number of amides is 1. The number of carbonyl (C=O) groups excluding carboxylic acids is 2. The number of carbonyl (C=O) groups is 2. The van der Waals surface area contributed by atoms with E-state index in [4.69, 9.17) is 4.74 Å². The first-order valence-corrected chi connectivity index (χ1v) is 7.58. The number of Topliss-reactive ketones (excluding diaryl/α,β-unsaturated/α-hetero) is 1. The highest BCUT2D eigenvalue weighted by Gasteiger charge is 2.18. The SMILES string of the molecule is CC[C@H](NC(=O)c1cc(C(C)=O)cn1C)c1ccc(OC)cc1. The largest absolute Gasteiger partial charge is 0.497 e. The minimum Gasteiger partial charge on any atom is -0.497 e. The highest BCUT2D eigenvalue weighted by Crippen LogP contribution is 2.21. The second kappa shape index (κ2) is 7.13. The molecule has 0 unspecified atom stereocenters. The lowest BCUT2D eigenvalue weighted by molar-refractivity contribution is 0.0927. The topological polar surface area (TPSA) is 60.3 Å². The van der Waals surface area contributed by atoms with Crippen LogP contribution in [0.15, 0.2) is 36.5 Å². The second-order valence-electron chi connectivity index (χ2n) is 5.49. The van der Waals surface area contributed by atoms with E-state index in [1.807, 2.05) is 31.2 Å². The van der Waals surface area contributed by atoms with Gasteiger partial charge in [-0.1, -0.05) is 19.1 Å². The number of rotatable bonds is 6. The Labute approximate surface area is 136 Å². The molecular formula is C18H22N2O3. The van der Waals surface area contributed by atoms with E-state index in [2.05, 4.69) is 5.32 Å². The first-order chi connectivity index (χ1) is 11.0. The standard InChI is InChI=1S/C18H22N2O3/c1-5-16(13-6-8-15(23-4)9-7-13)19-18(22)17-10-14(12(2)21)11-20(17)3/h6-11,16H,5H2,1-4H3,(H,19,22)/t16-/m0/s1. The first kappa shape index (κ1) is 16.8. The fourth-order valence-corrected chi connectivity index (χ4v) is 2.47. The molecule has 23 heavy (non-hydrogen) atoms. The van der Waals surface area contributed by atoms with E-state index in [0.717, 1.165) is 17.7 Å². The molecule has 1 aromatic heterocycles. The Morgan fingerprint density at radius 3 is 2.39 bits per heavy atom. The van der Waals surface area contributed by atoms with Crippen molar-refractivity contribution in [2.24, 2.45) is 7.05 Å². The van der Waals surface area contributed by atoms with Gasteiger partial charge >= 0.3 is 0 Å². The molecule has 0 saturated heterocycles. The Morgan fingerprint density at radius 1 is 1.26 bits per heavy atom. The number of benzene rings is 1. The first-order valence-electron chi connectivity index (χ1n) is 7.58. The van der Waals surface area contributed by atoms with Crippen LogP contribution in [0.3, 0.4) is 0 Å². The zero-order valence-corrected chi connectivity index (χ0v) is 13.9. The van der Waals surface area contributed by atoms with Crippen molar-refractivity contribution in [1.82, 2.24) is 9.88 Å². The molecule has 0 fully saturated rings. The number of ether oxygens (including phenoxy) is 1. The van der Waals surface area contributed by atoms with Gasteiger partial charge in [-0.15, -0.1) is 0 Å². The van der Waals surface area contributed by atoms with Crippen LogP contribution < -0.4 is 10.1 Å². The number of nitrogens with zero attached hydrogens (tertiary/aromatic N) is 1. The molecule has 2 aromatic rings. The van der Waals surface area contributed by atoms with Crippen LogP contribution in [0.5, 0.6) is 5.75 Å². The van der Waals surface area contributed by atoms with Crippen LogP contribution in [0.1, 0.15) is 52.7 Å². The Bertz CT molecular complexity index is 702. The number of nitrogens with one attached hydrogen (secondary N) is 1. The maximum Gasteiger partial charge on any atom is 0.268 e. The summed E-state index contributed by atoms with van der Waals surface area (Å²) < 4.78 is 6.82. The smallest absolute Gasteiger partial charge is 0.268 e. The lowest BCUT2D eigenvalue weighted by Crippen LogP contribution is -2.29. The summed E-state index contributed by atoms with van der Waals surface area (Å²) in [5.41, 5.74) is 2.03. The molecule has 1 atom stereocenters. The third-order valence-electron chi connectivity index (χ3n) is 3.88. The fraction of sp³-hybridized carbons (Fsp3) is 0.333. The Morgan fingerprint density at radius 2 is 1.91 bits per heavy atom. The summed E-state index contributed by atoms with van der Waals surface area (Å²) in [4.78, 5) is 23.9. The lowest BCUT2D eigenvalue weighted by atomic mass is 10.0. The van der Waals surface area contributed by atoms with Crippen molar-refractivity contribution in [2.45, 2.75) is 26.3 Å². The van der Waals surface area contributed by atoms with Crippen LogP contribution in [0.2, 0.25) is 0 Å². The van der Waals surface area contributed by atoms with Crippen LogP contribution in [-0.4, -0.2) is 23.4 Å². The fourth-order valence-electron chi connectivity index (χ4n) is 2.47. The number of ketones is 1. The van der Waals surface area contributed by atoms with Crippen molar-refractivity contribution in [3.63, 3.8) is 0 Å². The molecule has 0 bridgehead atoms. The zero-order chi connectivity index (χ0) is 17.0. The molecule has 5 nitrogen and oxygen atoms in total. The Kier molecular flexibility index (Phi) is 5.21. The van der Waals surface area contributed by atoms with Gasteiger partial charge in [0.25, 0.3) is 5.91 Å². The van der Waals surface area contributed by atoms with Gasteiger partial charge in [-0.3, -0.25) is 9.59 Å². The summed E-state index contributed by atoms with van der Waals surface area (Å²) >= 11 is 0. The molecule has 1 heterocycles. The summed E-state index contributed by atoms with van der Waals surface area (Å²) in [6.07, 6.45) is 2.44. The van der Waals surface area contributed by atoms with Gasteiger partial charge in [-0.2, -0.15) is 0 Å². The molecule has 1 N–H and O–H groups in total. The van der Waals surface area contributed by atoms with Crippen molar-refractivity contribution >= 4 is 11.7 Å². The van der Waals surface area contributed by atoms with Crippen molar-refractivity contribution in [3.05, 3.63) is 53.3 Å². The van der Waals surface area contributed by atoms with E-state index >= 15 is 0 Å². The van der Waals surface area contributed by atoms with Crippen molar-refractivity contribution in [3.8, 4) is 5.75 Å². The molecule has 1 amide bonds. The van der Waals surface area contributed by atoms with Gasteiger partial charge in [-0.05, 0) is 37.1 Å². The monoisotopic (exact) mass is 314 g/mol. The van der Waals surface area contributed by atoms with Gasteiger partial charge in [0.05, 0.1) is 13.2 Å². The lowest BCUT2D eigenvalue weighted by Gasteiger charge is -2.18. The minimum atomic E-state index is -0.192. The predicted molar refractivity (Wildman–Crippen MR) is 88.9 cm³/mol. The van der Waals surface area contributed by atoms with E-state index in [-0.39, 0.29) is 17.7 Å². The predicted octanol–water partition coefficient (Wildman–Crippen LogP) is 3.12. The zero-order valence-electron chi connectivity index (χ0n) is 13.9. The second-order valence-corrected chi connectivity index (χ2v) is 5.49. The van der Waals surface area contributed by atoms with Crippen LogP contribution in [0.25, 0.3) is 0 Å². The molecule has 0 aliphatic carbocycles. The number of aromatic nitrogens is 1. The third kappa shape index (κ3) is 3.80. The van der Waals surface area contributed by atoms with Gasteiger partial charge < -0.3 is 14.6 Å². The minimum absolute atomic E-state index is 0.0538. The van der Waals surface area contributed by atoms with Gasteiger partial charge in [0.1, 0.15) is 11.4 Å². The molecule has 0 aliphatic rings. The number of methoxy groups -OCH3 is 1. The van der Waals surface area contributed by atoms with Crippen LogP contribution in [0, 0.1) is 0 Å². The van der Waals surface area contributed by atoms with Gasteiger partial charge in [0.15, 0.2) is 5.78 Å². The molecule has 0 aliphatic heterocycles. The average Bonchev–Trinajstić information content (AvgIpc) is 2.95. The number of hydrogen-bond donors (Lipinski definition) is 1. The summed E-state index contributed by atoms with van der Waals surface area (Å²) in [6.45, 7) is 3.50. The normalized spacial score (nSPS) is 11.8. The molecule has 0 saturated carbocycles. The highest BCUT2D eigenvalue weighted by atomic mass is 16.5. The van der Waals surface area contributed by atoms with Crippen molar-refractivity contribution in [2.75, 3.05) is 7.11 Å². The maximum atomic E-state index is 12.5. The number of aryl methyl sites for hydroxylation is 1. The molecule has 5 heteroatoms. The summed E-state index contributed by atoms with van der Waals surface area (Å²) in [6, 6.07) is 9.17. The average molecular weight is 314 g/mol. The van der Waals surface area contributed by atoms with Crippen LogP contribution >= 0.6 is 0 Å². The summed E-state index contributed by atoms with van der Waals surface area (Å²) in [5, 5.41) is 3.02. The van der Waals surface area contributed by atoms with Gasteiger partial charge in [-0.25, -0.2) is 0 Å². The molecule has 0 radical (unpaired) electrons. The van der Waals surface area contributed by atoms with E-state index in [1.54, 1.807) is 31.0 Å². The summed E-state index contributed by atoms with van der Waals surface area (Å²) in [7, 11) is 3.38. The number of hydrogen-bond acceptors (Lipinski definition) is 3. The van der Waals surface area contributed by atoms with Gasteiger partial charge in [0, 0.05) is 18.8 Å². The van der Waals surface area contributed by atoms with Gasteiger partial charge in [0.2, 0.25) is 0 Å². The molecule has 122 valence electrons. The van der Waals surface area contributed by atoms with Crippen molar-refractivity contribution < 1.29 is 14.3 Å². The van der Waals surface area contributed by atoms with E-state index in [9.17, 15) is 9.59 Å². The van der Waals surface area contributed by atoms with Crippen LogP contribution in [-0.2, 0) is 7.05 Å². The molecule has 1 aromatic carbocycles. The maximum absolute atomic E-state index is 12.5. The van der Waals surface area contributed by atoms with E-state index in [1.165, 1.54) is 6.92 Å². The molecular weight excluding hydrogens is 292 g/mol. The van der Waals surface area contributed by atoms with Crippen LogP contribution in [0.4, 0.5) is 0 Å². The Hall–Kier alpha value is -2.56. The van der Waals surface area contributed by atoms with E-state index < -0.39 is 0 Å². The van der Waals surface area contributed by atoms with Crippen molar-refractivity contribution in [1.29, 1.82) is 0 Å². The Balaban J connectivity index is 2.17. The highest BCUT2D eigenvalue weighted by molar-refractivity contribution is 5.99. The third-order valence-corrected chi connectivity index (χ3v) is 3.88.